The van der Waals surface area contributed by atoms with E-state index < -0.39 is 11.9 Å². The first-order valence-corrected chi connectivity index (χ1v) is 6.31. The van der Waals surface area contributed by atoms with Gasteiger partial charge in [-0.25, -0.2) is 0 Å². The smallest absolute Gasteiger partial charge is 0.318 e. The Hall–Kier alpha value is -2.68. The van der Waals surface area contributed by atoms with Gasteiger partial charge in [0.05, 0.1) is 0 Å². The van der Waals surface area contributed by atoms with Crippen molar-refractivity contribution in [3.05, 3.63) is 71.3 Å². The number of fused-ring (bicyclic) bond motifs is 1. The number of rotatable bonds is 2. The molecule has 20 heavy (non-hydrogen) atoms. The van der Waals surface area contributed by atoms with Gasteiger partial charge in [0.1, 0.15) is 5.92 Å². The number of ketones is 1. The van der Waals surface area contributed by atoms with E-state index in [1.165, 1.54) is 0 Å². The third kappa shape index (κ3) is 1.93. The molecule has 0 saturated carbocycles. The van der Waals surface area contributed by atoms with Gasteiger partial charge in [-0.15, -0.1) is 0 Å². The average Bonchev–Trinajstić information content (AvgIpc) is 2.74. The molecular formula is C17H12O3. The van der Waals surface area contributed by atoms with E-state index in [-0.39, 0.29) is 5.78 Å². The number of Topliss-reactive ketones (excluding diaryl/α,β-unsaturated/α-hetero) is 1. The summed E-state index contributed by atoms with van der Waals surface area (Å²) < 4.78 is 0. The number of hydrogen-bond donors (Lipinski definition) is 1. The van der Waals surface area contributed by atoms with Crippen LogP contribution < -0.4 is 0 Å². The summed E-state index contributed by atoms with van der Waals surface area (Å²) in [5, 5.41) is 9.34. The second-order valence-corrected chi connectivity index (χ2v) is 4.69. The number of carbonyl (C=O) groups is 2. The van der Waals surface area contributed by atoms with Crippen LogP contribution in [-0.4, -0.2) is 16.9 Å². The van der Waals surface area contributed by atoms with E-state index in [1.807, 2.05) is 36.4 Å². The third-order valence-corrected chi connectivity index (χ3v) is 3.45. The second kappa shape index (κ2) is 4.78. The van der Waals surface area contributed by atoms with Crippen LogP contribution in [0.5, 0.6) is 0 Å². The van der Waals surface area contributed by atoms with Gasteiger partial charge in [-0.05, 0) is 22.8 Å². The Kier molecular flexibility index (Phi) is 2.95. The predicted molar refractivity (Wildman–Crippen MR) is 76.2 cm³/mol. The van der Waals surface area contributed by atoms with E-state index in [9.17, 15) is 14.7 Å². The summed E-state index contributed by atoms with van der Waals surface area (Å²) in [6.45, 7) is 0. The van der Waals surface area contributed by atoms with Gasteiger partial charge in [0.25, 0.3) is 0 Å². The number of benzene rings is 2. The van der Waals surface area contributed by atoms with Crippen molar-refractivity contribution < 1.29 is 14.7 Å². The van der Waals surface area contributed by atoms with E-state index in [1.54, 1.807) is 24.3 Å². The van der Waals surface area contributed by atoms with Crippen molar-refractivity contribution in [3.63, 3.8) is 0 Å². The van der Waals surface area contributed by atoms with E-state index in [0.717, 1.165) is 5.56 Å². The lowest BCUT2D eigenvalue weighted by atomic mass is 9.97. The Bertz CT molecular complexity index is 714. The van der Waals surface area contributed by atoms with Crippen LogP contribution in [0.15, 0.2) is 54.6 Å². The lowest BCUT2D eigenvalue weighted by Gasteiger charge is -2.06. The highest BCUT2D eigenvalue weighted by molar-refractivity contribution is 6.25. The van der Waals surface area contributed by atoms with Crippen LogP contribution in [0.25, 0.3) is 11.6 Å². The predicted octanol–water partition coefficient (Wildman–Crippen LogP) is 3.12. The molecule has 2 aromatic carbocycles. The monoisotopic (exact) mass is 264 g/mol. The van der Waals surface area contributed by atoms with Gasteiger partial charge in [-0.3, -0.25) is 9.59 Å². The molecule has 1 aliphatic rings. The maximum absolute atomic E-state index is 12.2. The highest BCUT2D eigenvalue weighted by Gasteiger charge is 2.39. The summed E-state index contributed by atoms with van der Waals surface area (Å²) in [6, 6.07) is 16.5. The lowest BCUT2D eigenvalue weighted by Crippen LogP contribution is -2.19. The Labute approximate surface area is 116 Å². The largest absolute Gasteiger partial charge is 0.480 e. The van der Waals surface area contributed by atoms with Crippen LogP contribution in [0.1, 0.15) is 21.5 Å². The molecule has 1 aliphatic carbocycles. The first-order valence-electron chi connectivity index (χ1n) is 6.31. The van der Waals surface area contributed by atoms with Crippen molar-refractivity contribution in [2.45, 2.75) is 0 Å². The third-order valence-electron chi connectivity index (χ3n) is 3.45. The molecule has 1 N–H and O–H groups in total. The summed E-state index contributed by atoms with van der Waals surface area (Å²) in [5.74, 6) is -2.55. The molecule has 98 valence electrons. The van der Waals surface area contributed by atoms with Crippen molar-refractivity contribution in [1.29, 1.82) is 0 Å². The van der Waals surface area contributed by atoms with E-state index in [2.05, 4.69) is 0 Å². The van der Waals surface area contributed by atoms with Gasteiger partial charge in [0, 0.05) is 5.56 Å². The zero-order chi connectivity index (χ0) is 14.1. The van der Waals surface area contributed by atoms with Crippen LogP contribution in [0, 0.1) is 5.92 Å². The number of aliphatic carboxylic acids is 1. The first kappa shape index (κ1) is 12.4. The van der Waals surface area contributed by atoms with Gasteiger partial charge < -0.3 is 5.11 Å². The van der Waals surface area contributed by atoms with Crippen molar-refractivity contribution in [2.75, 3.05) is 0 Å². The summed E-state index contributed by atoms with van der Waals surface area (Å²) in [7, 11) is 0. The zero-order valence-corrected chi connectivity index (χ0v) is 10.6. The normalized spacial score (nSPS) is 19.1. The van der Waals surface area contributed by atoms with E-state index in [4.69, 9.17) is 0 Å². The minimum absolute atomic E-state index is 0.338. The lowest BCUT2D eigenvalue weighted by molar-refractivity contribution is -0.138. The second-order valence-electron chi connectivity index (χ2n) is 4.69. The highest BCUT2D eigenvalue weighted by Crippen LogP contribution is 2.38. The summed E-state index contributed by atoms with van der Waals surface area (Å²) in [5.41, 5.74) is 2.65. The Morgan fingerprint density at radius 1 is 0.950 bits per heavy atom. The number of hydrogen-bond acceptors (Lipinski definition) is 2. The molecule has 0 heterocycles. The minimum atomic E-state index is -1.10. The maximum atomic E-state index is 12.2. The van der Waals surface area contributed by atoms with E-state index in [0.29, 0.717) is 16.7 Å². The Morgan fingerprint density at radius 3 is 2.20 bits per heavy atom. The number of carbonyl (C=O) groups excluding carboxylic acids is 1. The van der Waals surface area contributed by atoms with Gasteiger partial charge >= 0.3 is 5.97 Å². The first-order chi connectivity index (χ1) is 9.68. The molecule has 0 bridgehead atoms. The van der Waals surface area contributed by atoms with Crippen LogP contribution >= 0.6 is 0 Å². The van der Waals surface area contributed by atoms with Crippen molar-refractivity contribution >= 4 is 23.4 Å². The Morgan fingerprint density at radius 2 is 1.55 bits per heavy atom. The molecule has 3 rings (SSSR count). The molecule has 1 unspecified atom stereocenters. The Balaban J connectivity index is 2.18. The van der Waals surface area contributed by atoms with Crippen LogP contribution in [-0.2, 0) is 4.79 Å². The fourth-order valence-corrected chi connectivity index (χ4v) is 2.54. The molecule has 2 aromatic rings. The van der Waals surface area contributed by atoms with Crippen LogP contribution in [0.4, 0.5) is 0 Å². The van der Waals surface area contributed by atoms with Crippen LogP contribution in [0.3, 0.4) is 0 Å². The molecule has 3 nitrogen and oxygen atoms in total. The van der Waals surface area contributed by atoms with Gasteiger partial charge in [0.15, 0.2) is 5.78 Å². The molecule has 3 heteroatoms. The summed E-state index contributed by atoms with van der Waals surface area (Å²) in [6.07, 6.45) is 1.78. The maximum Gasteiger partial charge on any atom is 0.318 e. The SMILES string of the molecule is O=C(O)C1C(=O)c2ccccc2C1=Cc1ccccc1. The van der Waals surface area contributed by atoms with Crippen LogP contribution in [0.2, 0.25) is 0 Å². The fourth-order valence-electron chi connectivity index (χ4n) is 2.54. The zero-order valence-electron chi connectivity index (χ0n) is 10.6. The molecule has 0 aromatic heterocycles. The molecule has 0 amide bonds. The molecule has 0 radical (unpaired) electrons. The van der Waals surface area contributed by atoms with Gasteiger partial charge in [0.2, 0.25) is 0 Å². The summed E-state index contributed by atoms with van der Waals surface area (Å²) in [4.78, 5) is 23.6. The fraction of sp³-hybridized carbons (Fsp3) is 0.0588. The molecule has 0 fully saturated rings. The van der Waals surface area contributed by atoms with Gasteiger partial charge in [-0.1, -0.05) is 54.6 Å². The molecule has 0 saturated heterocycles. The molecular weight excluding hydrogens is 252 g/mol. The highest BCUT2D eigenvalue weighted by atomic mass is 16.4. The van der Waals surface area contributed by atoms with Crippen molar-refractivity contribution in [3.8, 4) is 0 Å². The molecule has 0 aliphatic heterocycles. The average molecular weight is 264 g/mol. The topological polar surface area (TPSA) is 54.4 Å². The number of carboxylic acids is 1. The van der Waals surface area contributed by atoms with E-state index >= 15 is 0 Å². The minimum Gasteiger partial charge on any atom is -0.480 e. The number of carboxylic acid groups (broad SMARTS) is 1. The molecule has 1 atom stereocenters. The molecule has 0 spiro atoms. The van der Waals surface area contributed by atoms with Crippen molar-refractivity contribution in [2.24, 2.45) is 5.92 Å². The van der Waals surface area contributed by atoms with Gasteiger partial charge in [-0.2, -0.15) is 0 Å². The summed E-state index contributed by atoms with van der Waals surface area (Å²) >= 11 is 0. The standard InChI is InChI=1S/C17H12O3/c18-16-13-9-5-4-8-12(13)14(15(16)17(19)20)10-11-6-2-1-3-7-11/h1-10,15H,(H,19,20). The van der Waals surface area contributed by atoms with Crippen molar-refractivity contribution in [1.82, 2.24) is 0 Å². The quantitative estimate of drug-likeness (QED) is 0.848.